The van der Waals surface area contributed by atoms with Crippen molar-refractivity contribution in [3.05, 3.63) is 0 Å². The minimum Gasteiger partial charge on any atom is -0.353 e. The maximum atomic E-state index is 12.3. The van der Waals surface area contributed by atoms with E-state index in [0.717, 1.165) is 18.8 Å². The van der Waals surface area contributed by atoms with Crippen LogP contribution < -0.4 is 11.1 Å². The van der Waals surface area contributed by atoms with Gasteiger partial charge in [-0.1, -0.05) is 32.6 Å². The largest absolute Gasteiger partial charge is 0.353 e. The van der Waals surface area contributed by atoms with Crippen LogP contribution in [0.5, 0.6) is 0 Å². The highest BCUT2D eigenvalue weighted by molar-refractivity contribution is 5.85. The average molecular weight is 289 g/mol. The van der Waals surface area contributed by atoms with E-state index in [1.165, 1.54) is 38.5 Å². The summed E-state index contributed by atoms with van der Waals surface area (Å²) in [6.45, 7) is 2.93. The van der Waals surface area contributed by atoms with Gasteiger partial charge >= 0.3 is 0 Å². The Bertz CT molecular complexity index is 285. The highest BCUT2D eigenvalue weighted by Crippen LogP contribution is 2.32. The van der Waals surface area contributed by atoms with E-state index in [0.29, 0.717) is 18.5 Å². The molecule has 3 nitrogen and oxygen atoms in total. The molecule has 0 heterocycles. The first kappa shape index (κ1) is 16.8. The minimum absolute atomic E-state index is 0. The lowest BCUT2D eigenvalue weighted by atomic mass is 9.83. The average Bonchev–Trinajstić information content (AvgIpc) is 2.87. The van der Waals surface area contributed by atoms with E-state index in [2.05, 4.69) is 12.2 Å². The molecule has 2 aliphatic rings. The van der Waals surface area contributed by atoms with Gasteiger partial charge in [-0.3, -0.25) is 4.79 Å². The highest BCUT2D eigenvalue weighted by Gasteiger charge is 2.33. The van der Waals surface area contributed by atoms with E-state index in [1.807, 2.05) is 0 Å². The lowest BCUT2D eigenvalue weighted by Crippen LogP contribution is -2.43. The van der Waals surface area contributed by atoms with Gasteiger partial charge in [0.1, 0.15) is 0 Å². The fourth-order valence-corrected chi connectivity index (χ4v) is 3.77. The predicted octanol–water partition coefficient (Wildman–Crippen LogP) is 2.87. The van der Waals surface area contributed by atoms with Crippen LogP contribution in [0.2, 0.25) is 0 Å². The number of carbonyl (C=O) groups is 1. The van der Waals surface area contributed by atoms with Gasteiger partial charge in [-0.2, -0.15) is 0 Å². The number of hydrogen-bond acceptors (Lipinski definition) is 2. The Morgan fingerprint density at radius 2 is 1.95 bits per heavy atom. The van der Waals surface area contributed by atoms with E-state index < -0.39 is 0 Å². The van der Waals surface area contributed by atoms with Crippen LogP contribution in [0.15, 0.2) is 0 Å². The van der Waals surface area contributed by atoms with Crippen molar-refractivity contribution >= 4 is 18.3 Å². The first-order valence-corrected chi connectivity index (χ1v) is 7.75. The number of carbonyl (C=O) groups excluding carboxylic acids is 1. The Labute approximate surface area is 123 Å². The van der Waals surface area contributed by atoms with E-state index in [-0.39, 0.29) is 24.2 Å². The van der Waals surface area contributed by atoms with Crippen molar-refractivity contribution in [1.82, 2.24) is 5.32 Å². The van der Waals surface area contributed by atoms with Gasteiger partial charge in [0.15, 0.2) is 0 Å². The van der Waals surface area contributed by atoms with Gasteiger partial charge in [0.05, 0.1) is 0 Å². The van der Waals surface area contributed by atoms with E-state index in [4.69, 9.17) is 5.73 Å². The van der Waals surface area contributed by atoms with Crippen molar-refractivity contribution in [2.45, 2.75) is 64.3 Å². The molecule has 0 spiro atoms. The summed E-state index contributed by atoms with van der Waals surface area (Å²) in [7, 11) is 0. The van der Waals surface area contributed by atoms with Crippen molar-refractivity contribution in [2.24, 2.45) is 23.5 Å². The molecule has 3 N–H and O–H groups in total. The Balaban J connectivity index is 0.00000180. The van der Waals surface area contributed by atoms with Crippen LogP contribution in [0.1, 0.15) is 58.3 Å². The van der Waals surface area contributed by atoms with Gasteiger partial charge < -0.3 is 11.1 Å². The normalized spacial score (nSPS) is 34.6. The summed E-state index contributed by atoms with van der Waals surface area (Å²) in [5, 5.41) is 3.29. The van der Waals surface area contributed by atoms with Gasteiger partial charge in [-0.15, -0.1) is 12.4 Å². The molecular weight excluding hydrogens is 260 g/mol. The van der Waals surface area contributed by atoms with Gasteiger partial charge in [0.25, 0.3) is 0 Å². The number of rotatable bonds is 4. The summed E-state index contributed by atoms with van der Waals surface area (Å²) in [4.78, 5) is 12.3. The first-order chi connectivity index (χ1) is 8.74. The third-order valence-electron chi connectivity index (χ3n) is 5.01. The fraction of sp³-hybridized carbons (Fsp3) is 0.933. The molecule has 0 aromatic heterocycles. The zero-order valence-electron chi connectivity index (χ0n) is 12.1. The Morgan fingerprint density at radius 3 is 2.63 bits per heavy atom. The van der Waals surface area contributed by atoms with Crippen molar-refractivity contribution in [1.29, 1.82) is 0 Å². The SMILES string of the molecule is CCC1CCCC(NC(=O)[C@@H]2CCC[C@@H]2CN)C1.Cl. The molecule has 4 heteroatoms. The minimum atomic E-state index is 0. The quantitative estimate of drug-likeness (QED) is 0.836. The van der Waals surface area contributed by atoms with E-state index >= 15 is 0 Å². The lowest BCUT2D eigenvalue weighted by molar-refractivity contribution is -0.127. The third-order valence-corrected chi connectivity index (χ3v) is 5.01. The molecule has 0 aromatic carbocycles. The molecule has 0 aromatic rings. The smallest absolute Gasteiger partial charge is 0.223 e. The molecule has 1 amide bonds. The molecule has 2 fully saturated rings. The second-order valence-corrected chi connectivity index (χ2v) is 6.18. The Kier molecular flexibility index (Phi) is 7.16. The summed E-state index contributed by atoms with van der Waals surface area (Å²) in [6, 6.07) is 0.426. The van der Waals surface area contributed by atoms with Gasteiger partial charge in [0.2, 0.25) is 5.91 Å². The molecule has 0 aliphatic heterocycles. The molecule has 4 atom stereocenters. The predicted molar refractivity (Wildman–Crippen MR) is 81.3 cm³/mol. The molecule has 2 unspecified atom stereocenters. The van der Waals surface area contributed by atoms with Crippen LogP contribution in [0, 0.1) is 17.8 Å². The van der Waals surface area contributed by atoms with Crippen LogP contribution in [0.4, 0.5) is 0 Å². The van der Waals surface area contributed by atoms with Crippen LogP contribution in [0.25, 0.3) is 0 Å². The van der Waals surface area contributed by atoms with Crippen LogP contribution in [-0.2, 0) is 4.79 Å². The number of halogens is 1. The van der Waals surface area contributed by atoms with Gasteiger partial charge in [-0.25, -0.2) is 0 Å². The van der Waals surface area contributed by atoms with E-state index in [1.54, 1.807) is 0 Å². The Hall–Kier alpha value is -0.280. The monoisotopic (exact) mass is 288 g/mol. The summed E-state index contributed by atoms with van der Waals surface area (Å²) in [6.07, 6.45) is 9.56. The topological polar surface area (TPSA) is 55.1 Å². The summed E-state index contributed by atoms with van der Waals surface area (Å²) in [5.74, 6) is 1.72. The third kappa shape index (κ3) is 4.35. The molecule has 0 saturated heterocycles. The first-order valence-electron chi connectivity index (χ1n) is 7.75. The molecule has 19 heavy (non-hydrogen) atoms. The maximum absolute atomic E-state index is 12.3. The summed E-state index contributed by atoms with van der Waals surface area (Å²) < 4.78 is 0. The van der Waals surface area contributed by atoms with Gasteiger partial charge in [0, 0.05) is 12.0 Å². The van der Waals surface area contributed by atoms with Crippen LogP contribution in [-0.4, -0.2) is 18.5 Å². The maximum Gasteiger partial charge on any atom is 0.223 e. The summed E-state index contributed by atoms with van der Waals surface area (Å²) >= 11 is 0. The van der Waals surface area contributed by atoms with Crippen LogP contribution >= 0.6 is 12.4 Å². The van der Waals surface area contributed by atoms with Crippen molar-refractivity contribution in [2.75, 3.05) is 6.54 Å². The Morgan fingerprint density at radius 1 is 1.21 bits per heavy atom. The second-order valence-electron chi connectivity index (χ2n) is 6.18. The molecule has 0 bridgehead atoms. The molecule has 0 radical (unpaired) electrons. The van der Waals surface area contributed by atoms with Crippen molar-refractivity contribution < 1.29 is 4.79 Å². The molecular formula is C15H29ClN2O. The molecule has 2 saturated carbocycles. The molecule has 112 valence electrons. The standard InChI is InChI=1S/C15H28N2O.ClH/c1-2-11-5-3-7-13(9-11)17-15(18)14-8-4-6-12(14)10-16;/h11-14H,2-10,16H2,1H3,(H,17,18);1H/t11?,12-,13?,14-;/m1./s1. The molecule has 2 rings (SSSR count). The zero-order chi connectivity index (χ0) is 13.0. The number of hydrogen-bond donors (Lipinski definition) is 2. The second kappa shape index (κ2) is 8.11. The highest BCUT2D eigenvalue weighted by atomic mass is 35.5. The number of nitrogens with two attached hydrogens (primary N) is 1. The van der Waals surface area contributed by atoms with Crippen molar-refractivity contribution in [3.8, 4) is 0 Å². The molecule has 2 aliphatic carbocycles. The fourth-order valence-electron chi connectivity index (χ4n) is 3.77. The number of nitrogens with one attached hydrogen (secondary N) is 1. The van der Waals surface area contributed by atoms with Crippen LogP contribution in [0.3, 0.4) is 0 Å². The van der Waals surface area contributed by atoms with Gasteiger partial charge in [-0.05, 0) is 44.1 Å². The van der Waals surface area contributed by atoms with Crippen molar-refractivity contribution in [3.63, 3.8) is 0 Å². The van der Waals surface area contributed by atoms with E-state index in [9.17, 15) is 4.79 Å². The lowest BCUT2D eigenvalue weighted by Gasteiger charge is -2.30. The zero-order valence-corrected chi connectivity index (χ0v) is 12.9. The number of amides is 1. The summed E-state index contributed by atoms with van der Waals surface area (Å²) in [5.41, 5.74) is 5.76.